The van der Waals surface area contributed by atoms with E-state index in [-0.39, 0.29) is 17.3 Å². The summed E-state index contributed by atoms with van der Waals surface area (Å²) in [5.74, 6) is -0.848. The van der Waals surface area contributed by atoms with Gasteiger partial charge in [0.15, 0.2) is 5.69 Å². The number of carbonyl (C=O) groups excluding carboxylic acids is 2. The van der Waals surface area contributed by atoms with Crippen LogP contribution in [0.15, 0.2) is 40.9 Å². The van der Waals surface area contributed by atoms with E-state index in [0.29, 0.717) is 9.99 Å². The monoisotopic (exact) mass is 401 g/mol. The largest absolute Gasteiger partial charge is 0.291 e. The summed E-state index contributed by atoms with van der Waals surface area (Å²) >= 11 is 3.35. The molecule has 0 bridgehead atoms. The molecule has 0 aliphatic carbocycles. The first-order valence-electron chi connectivity index (χ1n) is 7.67. The zero-order valence-electron chi connectivity index (χ0n) is 13.6. The molecule has 2 heterocycles. The van der Waals surface area contributed by atoms with Gasteiger partial charge in [0.25, 0.3) is 11.8 Å². The van der Waals surface area contributed by atoms with E-state index in [9.17, 15) is 9.59 Å². The molecule has 0 aliphatic rings. The quantitative estimate of drug-likeness (QED) is 0.587. The highest BCUT2D eigenvalue weighted by atomic mass is 79.9. The number of carbonyl (C=O) groups is 2. The number of nitrogens with one attached hydrogen (secondary N) is 3. The number of pyridine rings is 1. The van der Waals surface area contributed by atoms with Gasteiger partial charge in [0.1, 0.15) is 5.69 Å². The summed E-state index contributed by atoms with van der Waals surface area (Å²) in [6.45, 7) is 3.96. The van der Waals surface area contributed by atoms with E-state index >= 15 is 0 Å². The lowest BCUT2D eigenvalue weighted by Gasteiger charge is -2.07. The average molecular weight is 402 g/mol. The van der Waals surface area contributed by atoms with Crippen molar-refractivity contribution >= 4 is 38.6 Å². The normalized spacial score (nSPS) is 10.9. The van der Waals surface area contributed by atoms with Gasteiger partial charge in [-0.05, 0) is 34.0 Å². The highest BCUT2D eigenvalue weighted by Crippen LogP contribution is 2.25. The number of amides is 2. The van der Waals surface area contributed by atoms with Gasteiger partial charge in [-0.15, -0.1) is 0 Å². The number of rotatable bonds is 3. The third-order valence-corrected chi connectivity index (χ3v) is 4.45. The standard InChI is InChI=1S/C17H16BrN5O2/c1-9(2)14-13(18)15(21-20-14)17(25)23-22-16(24)12-8-7-10-5-3-4-6-11(10)19-12/h3-9H,1-2H3,(H,20,21)(H,22,24)(H,23,25). The first kappa shape index (κ1) is 17.1. The zero-order chi connectivity index (χ0) is 18.0. The van der Waals surface area contributed by atoms with Crippen molar-refractivity contribution < 1.29 is 9.59 Å². The van der Waals surface area contributed by atoms with Gasteiger partial charge in [-0.25, -0.2) is 4.98 Å². The maximum absolute atomic E-state index is 12.2. The number of hydrogen-bond donors (Lipinski definition) is 3. The fourth-order valence-electron chi connectivity index (χ4n) is 2.30. The van der Waals surface area contributed by atoms with Crippen molar-refractivity contribution in [3.05, 3.63) is 58.0 Å². The van der Waals surface area contributed by atoms with E-state index in [1.54, 1.807) is 12.1 Å². The molecule has 128 valence electrons. The van der Waals surface area contributed by atoms with E-state index in [4.69, 9.17) is 0 Å². The third kappa shape index (κ3) is 3.53. The number of fused-ring (bicyclic) bond motifs is 1. The Bertz CT molecular complexity index is 951. The maximum Gasteiger partial charge on any atom is 0.291 e. The molecule has 8 heteroatoms. The maximum atomic E-state index is 12.2. The lowest BCUT2D eigenvalue weighted by molar-refractivity contribution is 0.0841. The second kappa shape index (κ2) is 7.02. The molecule has 0 radical (unpaired) electrons. The Hall–Kier alpha value is -2.74. The van der Waals surface area contributed by atoms with Crippen LogP contribution in [0.4, 0.5) is 0 Å². The Kier molecular flexibility index (Phi) is 4.80. The number of H-pyrrole nitrogens is 1. The minimum atomic E-state index is -0.524. The van der Waals surface area contributed by atoms with Gasteiger partial charge in [0.05, 0.1) is 15.7 Å². The van der Waals surface area contributed by atoms with Crippen LogP contribution in [0.2, 0.25) is 0 Å². The lowest BCUT2D eigenvalue weighted by atomic mass is 10.1. The summed E-state index contributed by atoms with van der Waals surface area (Å²) in [7, 11) is 0. The van der Waals surface area contributed by atoms with Crippen LogP contribution in [-0.4, -0.2) is 27.0 Å². The third-order valence-electron chi connectivity index (χ3n) is 3.65. The van der Waals surface area contributed by atoms with Crippen molar-refractivity contribution in [2.45, 2.75) is 19.8 Å². The van der Waals surface area contributed by atoms with E-state index in [2.05, 4.69) is 42.0 Å². The number of hydrazine groups is 1. The van der Waals surface area contributed by atoms with Crippen molar-refractivity contribution in [2.75, 3.05) is 0 Å². The molecule has 1 aromatic carbocycles. The molecule has 25 heavy (non-hydrogen) atoms. The van der Waals surface area contributed by atoms with E-state index in [1.165, 1.54) is 0 Å². The van der Waals surface area contributed by atoms with Crippen molar-refractivity contribution in [2.24, 2.45) is 0 Å². The van der Waals surface area contributed by atoms with Gasteiger partial charge in [-0.3, -0.25) is 25.5 Å². The molecular weight excluding hydrogens is 386 g/mol. The predicted octanol–water partition coefficient (Wildman–Crippen LogP) is 2.92. The number of halogens is 1. The minimum absolute atomic E-state index is 0.176. The summed E-state index contributed by atoms with van der Waals surface area (Å²) in [6.07, 6.45) is 0. The van der Waals surface area contributed by atoms with Gasteiger partial charge in [0.2, 0.25) is 0 Å². The topological polar surface area (TPSA) is 99.8 Å². The Morgan fingerprint density at radius 2 is 1.80 bits per heavy atom. The molecule has 3 aromatic rings. The molecule has 0 saturated carbocycles. The molecule has 7 nitrogen and oxygen atoms in total. The van der Waals surface area contributed by atoms with E-state index in [1.807, 2.05) is 38.1 Å². The van der Waals surface area contributed by atoms with Crippen LogP contribution < -0.4 is 10.9 Å². The minimum Gasteiger partial charge on any atom is -0.280 e. The Labute approximate surface area is 152 Å². The molecular formula is C17H16BrN5O2. The van der Waals surface area contributed by atoms with E-state index in [0.717, 1.165) is 11.1 Å². The number of hydrogen-bond acceptors (Lipinski definition) is 4. The van der Waals surface area contributed by atoms with Crippen LogP contribution in [0.1, 0.15) is 46.4 Å². The molecule has 3 N–H and O–H groups in total. The molecule has 0 aliphatic heterocycles. The highest BCUT2D eigenvalue weighted by Gasteiger charge is 2.20. The van der Waals surface area contributed by atoms with Crippen LogP contribution in [-0.2, 0) is 0 Å². The molecule has 0 saturated heterocycles. The molecule has 0 fully saturated rings. The fourth-order valence-corrected chi connectivity index (χ4v) is 3.12. The van der Waals surface area contributed by atoms with Crippen molar-refractivity contribution in [3.63, 3.8) is 0 Å². The van der Waals surface area contributed by atoms with Crippen LogP contribution in [0, 0.1) is 0 Å². The first-order valence-corrected chi connectivity index (χ1v) is 8.47. The molecule has 2 aromatic heterocycles. The van der Waals surface area contributed by atoms with Crippen molar-refractivity contribution in [3.8, 4) is 0 Å². The van der Waals surface area contributed by atoms with Crippen LogP contribution in [0.25, 0.3) is 10.9 Å². The SMILES string of the molecule is CC(C)c1[nH]nc(C(=O)NNC(=O)c2ccc3ccccc3n2)c1Br. The summed E-state index contributed by atoms with van der Waals surface area (Å²) < 4.78 is 0.582. The van der Waals surface area contributed by atoms with Gasteiger partial charge in [-0.2, -0.15) is 5.10 Å². The number of para-hydroxylation sites is 1. The zero-order valence-corrected chi connectivity index (χ0v) is 15.2. The molecule has 2 amide bonds. The van der Waals surface area contributed by atoms with Gasteiger partial charge in [-0.1, -0.05) is 38.1 Å². The fraction of sp³-hybridized carbons (Fsp3) is 0.176. The van der Waals surface area contributed by atoms with Crippen molar-refractivity contribution in [1.29, 1.82) is 0 Å². The number of aromatic nitrogens is 3. The molecule has 3 rings (SSSR count). The number of aromatic amines is 1. The number of nitrogens with zero attached hydrogens (tertiary/aromatic N) is 2. The van der Waals surface area contributed by atoms with E-state index < -0.39 is 11.8 Å². The van der Waals surface area contributed by atoms with Crippen LogP contribution in [0.3, 0.4) is 0 Å². The van der Waals surface area contributed by atoms with Gasteiger partial charge < -0.3 is 0 Å². The second-order valence-electron chi connectivity index (χ2n) is 5.75. The predicted molar refractivity (Wildman–Crippen MR) is 97.1 cm³/mol. The molecule has 0 atom stereocenters. The number of benzene rings is 1. The van der Waals surface area contributed by atoms with Crippen LogP contribution >= 0.6 is 15.9 Å². The van der Waals surface area contributed by atoms with Gasteiger partial charge >= 0.3 is 0 Å². The summed E-state index contributed by atoms with van der Waals surface area (Å²) in [6, 6.07) is 10.9. The Morgan fingerprint density at radius 1 is 1.08 bits per heavy atom. The lowest BCUT2D eigenvalue weighted by Crippen LogP contribution is -2.42. The second-order valence-corrected chi connectivity index (χ2v) is 6.55. The average Bonchev–Trinajstić information content (AvgIpc) is 3.00. The summed E-state index contributed by atoms with van der Waals surface area (Å²) in [4.78, 5) is 28.7. The Balaban J connectivity index is 1.69. The summed E-state index contributed by atoms with van der Waals surface area (Å²) in [5, 5.41) is 7.72. The summed E-state index contributed by atoms with van der Waals surface area (Å²) in [5.41, 5.74) is 6.61. The van der Waals surface area contributed by atoms with Gasteiger partial charge in [0, 0.05) is 5.39 Å². The van der Waals surface area contributed by atoms with Crippen LogP contribution in [0.5, 0.6) is 0 Å². The Morgan fingerprint density at radius 3 is 2.52 bits per heavy atom. The molecule has 0 unspecified atom stereocenters. The highest BCUT2D eigenvalue weighted by molar-refractivity contribution is 9.10. The smallest absolute Gasteiger partial charge is 0.280 e. The molecule has 0 spiro atoms. The first-order chi connectivity index (χ1) is 12.0. The van der Waals surface area contributed by atoms with Crippen molar-refractivity contribution in [1.82, 2.24) is 26.0 Å².